The van der Waals surface area contributed by atoms with Crippen molar-refractivity contribution in [3.63, 3.8) is 0 Å². The lowest BCUT2D eigenvalue weighted by Crippen LogP contribution is -2.29. The van der Waals surface area contributed by atoms with E-state index < -0.39 is 11.6 Å². The Kier molecular flexibility index (Phi) is 4.79. The third kappa shape index (κ3) is 3.52. The monoisotopic (exact) mass is 309 g/mol. The van der Waals surface area contributed by atoms with Gasteiger partial charge in [-0.15, -0.1) is 21.5 Å². The molecule has 7 nitrogen and oxygen atoms in total. The summed E-state index contributed by atoms with van der Waals surface area (Å²) in [6.07, 6.45) is 1.77. The van der Waals surface area contributed by atoms with Gasteiger partial charge in [-0.05, 0) is 12.1 Å². The number of carbonyl (C=O) groups excluding carboxylic acids is 2. The van der Waals surface area contributed by atoms with Crippen molar-refractivity contribution in [2.45, 2.75) is 18.6 Å². The molecule has 0 N–H and O–H groups in total. The molecule has 0 aliphatic rings. The lowest BCUT2D eigenvalue weighted by Gasteiger charge is -2.08. The lowest BCUT2D eigenvalue weighted by molar-refractivity contribution is -0.140. The third-order valence-corrected chi connectivity index (χ3v) is 3.99. The van der Waals surface area contributed by atoms with Crippen LogP contribution in [-0.4, -0.2) is 44.2 Å². The molecule has 0 bridgehead atoms. The highest BCUT2D eigenvalue weighted by molar-refractivity contribution is 8.00. The van der Waals surface area contributed by atoms with Crippen LogP contribution in [0.5, 0.6) is 0 Å². The predicted molar refractivity (Wildman–Crippen MR) is 78.6 cm³/mol. The van der Waals surface area contributed by atoms with Gasteiger partial charge in [0.05, 0.1) is 19.3 Å². The minimum Gasteiger partial charge on any atom is -0.469 e. The van der Waals surface area contributed by atoms with Crippen molar-refractivity contribution in [3.05, 3.63) is 34.9 Å². The Hall–Kier alpha value is -2.09. The smallest absolute Gasteiger partial charge is 0.357 e. The number of nitrogens with zero attached hydrogens (tertiary/aromatic N) is 3. The SMILES string of the molecule is COC(=O)CC(C)SCC(=O)n1nc2ccccn2c1=O. The van der Waals surface area contributed by atoms with Crippen molar-refractivity contribution in [2.75, 3.05) is 12.9 Å². The Labute approximate surface area is 124 Å². The van der Waals surface area contributed by atoms with Gasteiger partial charge in [0.1, 0.15) is 0 Å². The van der Waals surface area contributed by atoms with Crippen molar-refractivity contribution in [1.82, 2.24) is 14.2 Å². The molecule has 0 amide bonds. The van der Waals surface area contributed by atoms with Gasteiger partial charge in [-0.3, -0.25) is 9.59 Å². The molecular weight excluding hydrogens is 294 g/mol. The summed E-state index contributed by atoms with van der Waals surface area (Å²) in [5.41, 5.74) is -0.0692. The molecule has 112 valence electrons. The third-order valence-electron chi connectivity index (χ3n) is 2.84. The number of aromatic nitrogens is 3. The first kappa shape index (κ1) is 15.3. The summed E-state index contributed by atoms with van der Waals surface area (Å²) in [4.78, 5) is 35.2. The molecule has 1 unspecified atom stereocenters. The summed E-state index contributed by atoms with van der Waals surface area (Å²) in [5.74, 6) is -0.667. The fourth-order valence-electron chi connectivity index (χ4n) is 1.74. The van der Waals surface area contributed by atoms with Crippen molar-refractivity contribution in [2.24, 2.45) is 0 Å². The molecule has 0 aliphatic carbocycles. The fraction of sp³-hybridized carbons (Fsp3) is 0.385. The van der Waals surface area contributed by atoms with E-state index in [0.29, 0.717) is 5.65 Å². The summed E-state index contributed by atoms with van der Waals surface area (Å²) in [7, 11) is 1.32. The van der Waals surface area contributed by atoms with Gasteiger partial charge in [0, 0.05) is 11.4 Å². The van der Waals surface area contributed by atoms with E-state index in [4.69, 9.17) is 0 Å². The Morgan fingerprint density at radius 2 is 2.19 bits per heavy atom. The van der Waals surface area contributed by atoms with Crippen molar-refractivity contribution in [3.8, 4) is 0 Å². The highest BCUT2D eigenvalue weighted by Crippen LogP contribution is 2.14. The minimum atomic E-state index is -0.489. The van der Waals surface area contributed by atoms with Crippen LogP contribution in [0, 0.1) is 0 Å². The van der Waals surface area contributed by atoms with E-state index in [1.165, 1.54) is 23.3 Å². The molecule has 0 fully saturated rings. The fourth-order valence-corrected chi connectivity index (χ4v) is 2.54. The number of pyridine rings is 1. The highest BCUT2D eigenvalue weighted by atomic mass is 32.2. The number of thioether (sulfide) groups is 1. The standard InChI is InChI=1S/C13H15N3O4S/c1-9(7-12(18)20-2)21-8-11(17)16-13(19)15-6-4-3-5-10(15)14-16/h3-6,9H,7-8H2,1-2H3. The van der Waals surface area contributed by atoms with Gasteiger partial charge < -0.3 is 4.74 Å². The van der Waals surface area contributed by atoms with Gasteiger partial charge in [-0.1, -0.05) is 13.0 Å². The zero-order chi connectivity index (χ0) is 15.4. The Balaban J connectivity index is 2.04. The lowest BCUT2D eigenvalue weighted by atomic mass is 10.3. The summed E-state index contributed by atoms with van der Waals surface area (Å²) in [6, 6.07) is 5.08. The Morgan fingerprint density at radius 3 is 2.86 bits per heavy atom. The quantitative estimate of drug-likeness (QED) is 0.761. The average molecular weight is 309 g/mol. The van der Waals surface area contributed by atoms with Crippen LogP contribution in [0.2, 0.25) is 0 Å². The molecule has 0 radical (unpaired) electrons. The predicted octanol–water partition coefficient (Wildman–Crippen LogP) is 0.821. The molecule has 0 aromatic carbocycles. The van der Waals surface area contributed by atoms with Gasteiger partial charge in [0.15, 0.2) is 5.65 Å². The van der Waals surface area contributed by atoms with E-state index >= 15 is 0 Å². The van der Waals surface area contributed by atoms with Crippen LogP contribution < -0.4 is 5.69 Å². The first-order valence-corrected chi connectivity index (χ1v) is 7.36. The Bertz CT molecular complexity index is 722. The van der Waals surface area contributed by atoms with Crippen LogP contribution in [0.15, 0.2) is 29.2 Å². The molecule has 0 aliphatic heterocycles. The van der Waals surface area contributed by atoms with Crippen molar-refractivity contribution >= 4 is 29.3 Å². The van der Waals surface area contributed by atoms with E-state index in [1.54, 1.807) is 24.4 Å². The maximum atomic E-state index is 12.0. The van der Waals surface area contributed by atoms with Gasteiger partial charge >= 0.3 is 11.7 Å². The second-order valence-corrected chi connectivity index (χ2v) is 5.85. The molecule has 8 heteroatoms. The molecular formula is C13H15N3O4S. The normalized spacial score (nSPS) is 12.3. The van der Waals surface area contributed by atoms with Crippen LogP contribution in [0.4, 0.5) is 0 Å². The van der Waals surface area contributed by atoms with Gasteiger partial charge in [0.25, 0.3) is 5.91 Å². The number of carbonyl (C=O) groups is 2. The van der Waals surface area contributed by atoms with Crippen LogP contribution in [-0.2, 0) is 9.53 Å². The summed E-state index contributed by atoms with van der Waals surface area (Å²) in [5, 5.41) is 3.90. The summed E-state index contributed by atoms with van der Waals surface area (Å²) >= 11 is 1.28. The largest absolute Gasteiger partial charge is 0.469 e. The molecule has 2 aromatic heterocycles. The molecule has 1 atom stereocenters. The van der Waals surface area contributed by atoms with Crippen molar-refractivity contribution in [1.29, 1.82) is 0 Å². The molecule has 0 saturated heterocycles. The molecule has 21 heavy (non-hydrogen) atoms. The maximum absolute atomic E-state index is 12.0. The van der Waals surface area contributed by atoms with E-state index in [0.717, 1.165) is 4.68 Å². The highest BCUT2D eigenvalue weighted by Gasteiger charge is 2.16. The number of ether oxygens (including phenoxy) is 1. The van der Waals surface area contributed by atoms with E-state index in [2.05, 4.69) is 9.84 Å². The number of fused-ring (bicyclic) bond motifs is 1. The van der Waals surface area contributed by atoms with Gasteiger partial charge in [0.2, 0.25) is 0 Å². The number of methoxy groups -OCH3 is 1. The van der Waals surface area contributed by atoms with Crippen LogP contribution in [0.3, 0.4) is 0 Å². The van der Waals surface area contributed by atoms with Gasteiger partial charge in [-0.2, -0.15) is 0 Å². The number of hydrogen-bond donors (Lipinski definition) is 0. The molecule has 0 spiro atoms. The average Bonchev–Trinajstić information content (AvgIpc) is 2.82. The Morgan fingerprint density at radius 1 is 1.43 bits per heavy atom. The topological polar surface area (TPSA) is 82.7 Å². The van der Waals surface area contributed by atoms with Crippen LogP contribution in [0.1, 0.15) is 18.1 Å². The number of hydrogen-bond acceptors (Lipinski definition) is 6. The van der Waals surface area contributed by atoms with Crippen LogP contribution >= 0.6 is 11.8 Å². The zero-order valence-electron chi connectivity index (χ0n) is 11.7. The first-order valence-electron chi connectivity index (χ1n) is 6.31. The second kappa shape index (κ2) is 6.57. The number of esters is 1. The molecule has 0 saturated carbocycles. The zero-order valence-corrected chi connectivity index (χ0v) is 12.5. The van der Waals surface area contributed by atoms with E-state index in [-0.39, 0.29) is 23.4 Å². The maximum Gasteiger partial charge on any atom is 0.357 e. The van der Waals surface area contributed by atoms with E-state index in [9.17, 15) is 14.4 Å². The van der Waals surface area contributed by atoms with Crippen LogP contribution in [0.25, 0.3) is 5.65 Å². The summed E-state index contributed by atoms with van der Waals surface area (Å²) in [6.45, 7) is 1.82. The number of rotatable bonds is 5. The second-order valence-electron chi connectivity index (χ2n) is 4.42. The van der Waals surface area contributed by atoms with Gasteiger partial charge in [-0.25, -0.2) is 9.20 Å². The first-order chi connectivity index (χ1) is 10.0. The molecule has 2 aromatic rings. The van der Waals surface area contributed by atoms with E-state index in [1.807, 2.05) is 6.92 Å². The van der Waals surface area contributed by atoms with Crippen molar-refractivity contribution < 1.29 is 14.3 Å². The molecule has 2 rings (SSSR count). The minimum absolute atomic E-state index is 0.0714. The molecule has 2 heterocycles. The summed E-state index contributed by atoms with van der Waals surface area (Å²) < 4.78 is 6.72.